The molecule has 2 fully saturated rings. The number of likely N-dealkylation sites (tertiary alicyclic amines) is 2. The van der Waals surface area contributed by atoms with E-state index in [-0.39, 0.29) is 17.9 Å². The summed E-state index contributed by atoms with van der Waals surface area (Å²) in [5.41, 5.74) is 0.635. The van der Waals surface area contributed by atoms with Gasteiger partial charge >= 0.3 is 0 Å². The van der Waals surface area contributed by atoms with Crippen LogP contribution in [0.2, 0.25) is 0 Å². The summed E-state index contributed by atoms with van der Waals surface area (Å²) < 4.78 is 5.99. The maximum Gasteiger partial charge on any atom is 0.255 e. The van der Waals surface area contributed by atoms with Crippen molar-refractivity contribution in [2.24, 2.45) is 0 Å². The van der Waals surface area contributed by atoms with Gasteiger partial charge in [-0.2, -0.15) is 11.3 Å². The average molecular weight is 371 g/mol. The molecule has 0 saturated carbocycles. The SMILES string of the molecule is O=C([C@@H]1C[C@H](Oc2cccnc2)CN1C(=O)c1ccsc1)N1CCCC1. The van der Waals surface area contributed by atoms with E-state index in [0.29, 0.717) is 24.3 Å². The van der Waals surface area contributed by atoms with Crippen molar-refractivity contribution in [1.29, 1.82) is 0 Å². The second-order valence-electron chi connectivity index (χ2n) is 6.68. The van der Waals surface area contributed by atoms with E-state index in [1.54, 1.807) is 23.4 Å². The molecule has 136 valence electrons. The Kier molecular flexibility index (Phi) is 4.88. The van der Waals surface area contributed by atoms with Crippen LogP contribution >= 0.6 is 11.3 Å². The Morgan fingerprint density at radius 1 is 1.23 bits per heavy atom. The number of hydrogen-bond donors (Lipinski definition) is 0. The summed E-state index contributed by atoms with van der Waals surface area (Å²) in [7, 11) is 0. The fraction of sp³-hybridized carbons (Fsp3) is 0.421. The summed E-state index contributed by atoms with van der Waals surface area (Å²) in [5.74, 6) is 0.610. The molecule has 2 aliphatic heterocycles. The highest BCUT2D eigenvalue weighted by Crippen LogP contribution is 2.27. The third kappa shape index (κ3) is 3.44. The smallest absolute Gasteiger partial charge is 0.255 e. The van der Waals surface area contributed by atoms with Gasteiger partial charge < -0.3 is 14.5 Å². The number of hydrogen-bond acceptors (Lipinski definition) is 5. The van der Waals surface area contributed by atoms with Crippen LogP contribution < -0.4 is 4.74 Å². The van der Waals surface area contributed by atoms with Gasteiger partial charge in [0.05, 0.1) is 18.3 Å². The molecule has 2 aliphatic rings. The molecule has 0 aliphatic carbocycles. The van der Waals surface area contributed by atoms with E-state index in [2.05, 4.69) is 4.98 Å². The van der Waals surface area contributed by atoms with Crippen LogP contribution in [-0.4, -0.2) is 58.4 Å². The molecule has 2 saturated heterocycles. The summed E-state index contributed by atoms with van der Waals surface area (Å²) in [4.78, 5) is 33.6. The van der Waals surface area contributed by atoms with Crippen LogP contribution in [0.15, 0.2) is 41.4 Å². The lowest BCUT2D eigenvalue weighted by molar-refractivity contribution is -0.134. The van der Waals surface area contributed by atoms with E-state index < -0.39 is 6.04 Å². The van der Waals surface area contributed by atoms with Crippen LogP contribution in [0.5, 0.6) is 5.75 Å². The van der Waals surface area contributed by atoms with Crippen LogP contribution in [0.1, 0.15) is 29.6 Å². The Hall–Kier alpha value is -2.41. The lowest BCUT2D eigenvalue weighted by Gasteiger charge is -2.27. The van der Waals surface area contributed by atoms with Gasteiger partial charge in [0.1, 0.15) is 17.9 Å². The van der Waals surface area contributed by atoms with Crippen molar-refractivity contribution in [3.63, 3.8) is 0 Å². The fourth-order valence-electron chi connectivity index (χ4n) is 3.65. The molecule has 0 bridgehead atoms. The second kappa shape index (κ2) is 7.45. The Bertz CT molecular complexity index is 760. The van der Waals surface area contributed by atoms with Gasteiger partial charge in [0, 0.05) is 31.1 Å². The Labute approximate surface area is 156 Å². The van der Waals surface area contributed by atoms with Crippen LogP contribution in [-0.2, 0) is 4.79 Å². The molecule has 0 N–H and O–H groups in total. The third-order valence-corrected chi connectivity index (χ3v) is 5.61. The minimum atomic E-state index is -0.456. The van der Waals surface area contributed by atoms with Gasteiger partial charge in [-0.25, -0.2) is 0 Å². The summed E-state index contributed by atoms with van der Waals surface area (Å²) in [6, 6.07) is 5.00. The van der Waals surface area contributed by atoms with Gasteiger partial charge in [-0.3, -0.25) is 14.6 Å². The van der Waals surface area contributed by atoms with E-state index in [1.165, 1.54) is 11.3 Å². The molecule has 2 aromatic heterocycles. The summed E-state index contributed by atoms with van der Waals surface area (Å²) in [6.07, 6.45) is 5.71. The molecule has 0 spiro atoms. The topological polar surface area (TPSA) is 62.7 Å². The third-order valence-electron chi connectivity index (χ3n) is 4.93. The first-order valence-electron chi connectivity index (χ1n) is 8.91. The molecule has 7 heteroatoms. The van der Waals surface area contributed by atoms with Crippen LogP contribution in [0.25, 0.3) is 0 Å². The Morgan fingerprint density at radius 3 is 2.77 bits per heavy atom. The summed E-state index contributed by atoms with van der Waals surface area (Å²) in [5, 5.41) is 3.71. The first kappa shape index (κ1) is 17.0. The molecule has 4 heterocycles. The molecule has 0 aromatic carbocycles. The van der Waals surface area contributed by atoms with E-state index in [0.717, 1.165) is 25.9 Å². The van der Waals surface area contributed by atoms with E-state index in [9.17, 15) is 9.59 Å². The molecule has 2 aromatic rings. The van der Waals surface area contributed by atoms with Gasteiger partial charge in [0.25, 0.3) is 5.91 Å². The first-order chi connectivity index (χ1) is 12.7. The number of thiophene rings is 1. The highest BCUT2D eigenvalue weighted by molar-refractivity contribution is 7.08. The zero-order valence-corrected chi connectivity index (χ0v) is 15.2. The number of ether oxygens (including phenoxy) is 1. The van der Waals surface area contributed by atoms with Crippen LogP contribution in [0.3, 0.4) is 0 Å². The second-order valence-corrected chi connectivity index (χ2v) is 7.46. The number of pyridine rings is 1. The van der Waals surface area contributed by atoms with Gasteiger partial charge in [0.2, 0.25) is 5.91 Å². The maximum atomic E-state index is 13.0. The normalized spacial score (nSPS) is 22.6. The molecule has 6 nitrogen and oxygen atoms in total. The quantitative estimate of drug-likeness (QED) is 0.828. The monoisotopic (exact) mass is 371 g/mol. The van der Waals surface area contributed by atoms with Crippen molar-refractivity contribution in [3.8, 4) is 5.75 Å². The lowest BCUT2D eigenvalue weighted by atomic mass is 10.1. The van der Waals surface area contributed by atoms with Crippen LogP contribution in [0, 0.1) is 0 Å². The predicted octanol–water partition coefficient (Wildman–Crippen LogP) is 2.43. The van der Waals surface area contributed by atoms with E-state index in [4.69, 9.17) is 4.74 Å². The standard InChI is InChI=1S/C19H21N3O3S/c23-18(14-5-9-26-13-14)22-12-16(25-15-4-3-6-20-11-15)10-17(22)19(24)21-7-1-2-8-21/h3-6,9,11,13,16-17H,1-2,7-8,10,12H2/t16-,17-/m0/s1. The van der Waals surface area contributed by atoms with Crippen molar-refractivity contribution in [3.05, 3.63) is 46.9 Å². The van der Waals surface area contributed by atoms with Crippen molar-refractivity contribution < 1.29 is 14.3 Å². The minimum Gasteiger partial charge on any atom is -0.487 e. The molecule has 0 radical (unpaired) electrons. The van der Waals surface area contributed by atoms with Crippen molar-refractivity contribution >= 4 is 23.2 Å². The molecule has 0 unspecified atom stereocenters. The van der Waals surface area contributed by atoms with Crippen LogP contribution in [0.4, 0.5) is 0 Å². The zero-order valence-electron chi connectivity index (χ0n) is 14.4. The summed E-state index contributed by atoms with van der Waals surface area (Å²) in [6.45, 7) is 1.97. The van der Waals surface area contributed by atoms with E-state index in [1.807, 2.05) is 27.8 Å². The summed E-state index contributed by atoms with van der Waals surface area (Å²) >= 11 is 1.48. The maximum absolute atomic E-state index is 13.0. The average Bonchev–Trinajstić information content (AvgIpc) is 3.42. The Balaban J connectivity index is 1.54. The van der Waals surface area contributed by atoms with Gasteiger partial charge in [-0.15, -0.1) is 0 Å². The first-order valence-corrected chi connectivity index (χ1v) is 9.85. The largest absolute Gasteiger partial charge is 0.487 e. The zero-order chi connectivity index (χ0) is 17.9. The van der Waals surface area contributed by atoms with Gasteiger partial charge in [0.15, 0.2) is 0 Å². The molecule has 4 rings (SSSR count). The molecular weight excluding hydrogens is 350 g/mol. The minimum absolute atomic E-state index is 0.0448. The number of aromatic nitrogens is 1. The number of carbonyl (C=O) groups excluding carboxylic acids is 2. The number of nitrogens with zero attached hydrogens (tertiary/aromatic N) is 3. The number of amides is 2. The molecular formula is C19H21N3O3S. The van der Waals surface area contributed by atoms with Crippen molar-refractivity contribution in [2.45, 2.75) is 31.4 Å². The van der Waals surface area contributed by atoms with Crippen molar-refractivity contribution in [2.75, 3.05) is 19.6 Å². The lowest BCUT2D eigenvalue weighted by Crippen LogP contribution is -2.46. The molecule has 26 heavy (non-hydrogen) atoms. The fourth-order valence-corrected chi connectivity index (χ4v) is 4.28. The predicted molar refractivity (Wildman–Crippen MR) is 98.2 cm³/mol. The molecule has 2 amide bonds. The highest BCUT2D eigenvalue weighted by atomic mass is 32.1. The number of rotatable bonds is 4. The highest BCUT2D eigenvalue weighted by Gasteiger charge is 2.43. The molecule has 2 atom stereocenters. The van der Waals surface area contributed by atoms with Gasteiger partial charge in [-0.1, -0.05) is 0 Å². The number of carbonyl (C=O) groups is 2. The Morgan fingerprint density at radius 2 is 2.08 bits per heavy atom. The van der Waals surface area contributed by atoms with Gasteiger partial charge in [-0.05, 0) is 36.4 Å². The van der Waals surface area contributed by atoms with E-state index >= 15 is 0 Å². The van der Waals surface area contributed by atoms with Crippen molar-refractivity contribution in [1.82, 2.24) is 14.8 Å².